The van der Waals surface area contributed by atoms with Gasteiger partial charge < -0.3 is 5.11 Å². The van der Waals surface area contributed by atoms with Crippen LogP contribution < -0.4 is 0 Å². The fraction of sp³-hybridized carbons (Fsp3) is 0.296. The maximum absolute atomic E-state index is 12.9. The van der Waals surface area contributed by atoms with Gasteiger partial charge in [0.1, 0.15) is 6.07 Å². The Labute approximate surface area is 187 Å². The fourth-order valence-corrected chi connectivity index (χ4v) is 5.70. The van der Waals surface area contributed by atoms with Crippen LogP contribution in [-0.2, 0) is 23.1 Å². The van der Waals surface area contributed by atoms with E-state index in [-0.39, 0.29) is 29.8 Å². The number of carbonyl (C=O) groups excluding carboxylic acids is 1. The lowest BCUT2D eigenvalue weighted by molar-refractivity contribution is -0.121. The van der Waals surface area contributed by atoms with Crippen LogP contribution in [0.4, 0.5) is 0 Å². The molecule has 0 saturated carbocycles. The molecular weight excluding hydrogens is 398 g/mol. The number of rotatable bonds is 4. The summed E-state index contributed by atoms with van der Waals surface area (Å²) in [6, 6.07) is 20.4. The van der Waals surface area contributed by atoms with Crippen LogP contribution in [0.5, 0.6) is 0 Å². The Hall–Kier alpha value is -3.49. The van der Waals surface area contributed by atoms with E-state index in [4.69, 9.17) is 5.10 Å². The number of nitrogens with zero attached hydrogens (tertiary/aromatic N) is 2. The Bertz CT molecular complexity index is 1250. The number of hydrogen-bond donors (Lipinski definition) is 2. The molecule has 0 radical (unpaired) electrons. The molecule has 2 aromatic carbocycles. The van der Waals surface area contributed by atoms with Crippen LogP contribution in [0.25, 0.3) is 11.3 Å². The smallest absolute Gasteiger partial charge is 0.176 e. The van der Waals surface area contributed by atoms with E-state index in [1.54, 1.807) is 0 Å². The van der Waals surface area contributed by atoms with E-state index in [1.807, 2.05) is 49.4 Å². The molecule has 3 aromatic rings. The van der Waals surface area contributed by atoms with Crippen LogP contribution in [0.15, 0.2) is 66.2 Å². The minimum atomic E-state index is -0.596. The molecule has 5 nitrogen and oxygen atoms in total. The van der Waals surface area contributed by atoms with Crippen molar-refractivity contribution in [3.05, 3.63) is 88.6 Å². The summed E-state index contributed by atoms with van der Waals surface area (Å²) in [6.45, 7) is 2.06. The van der Waals surface area contributed by atoms with Crippen molar-refractivity contribution in [3.8, 4) is 17.3 Å². The van der Waals surface area contributed by atoms with Crippen molar-refractivity contribution in [2.45, 2.75) is 31.6 Å². The highest BCUT2D eigenvalue weighted by Gasteiger charge is 2.53. The number of aromatic nitrogens is 2. The first-order valence-corrected chi connectivity index (χ1v) is 11.1. The highest BCUT2D eigenvalue weighted by molar-refractivity contribution is 6.02. The number of benzene rings is 2. The molecular formula is C27H25N3O2. The predicted molar refractivity (Wildman–Crippen MR) is 122 cm³/mol. The molecule has 32 heavy (non-hydrogen) atoms. The third-order valence-electron chi connectivity index (χ3n) is 7.20. The average molecular weight is 424 g/mol. The van der Waals surface area contributed by atoms with E-state index >= 15 is 0 Å². The maximum Gasteiger partial charge on any atom is 0.176 e. The quantitative estimate of drug-likeness (QED) is 0.660. The third-order valence-corrected chi connectivity index (χ3v) is 7.20. The predicted octanol–water partition coefficient (Wildman–Crippen LogP) is 4.13. The van der Waals surface area contributed by atoms with Crippen molar-refractivity contribution in [2.75, 3.05) is 6.61 Å². The van der Waals surface area contributed by atoms with Gasteiger partial charge in [-0.1, -0.05) is 55.5 Å². The van der Waals surface area contributed by atoms with E-state index in [1.165, 1.54) is 0 Å². The number of aliphatic hydroxyl groups excluding tert-OH is 1. The van der Waals surface area contributed by atoms with Crippen LogP contribution in [0, 0.1) is 23.2 Å². The molecule has 160 valence electrons. The summed E-state index contributed by atoms with van der Waals surface area (Å²) in [7, 11) is 0. The Kier molecular flexibility index (Phi) is 5.03. The number of allylic oxidation sites excluding steroid dienone is 2. The van der Waals surface area contributed by atoms with Crippen molar-refractivity contribution in [1.82, 2.24) is 10.2 Å². The Morgan fingerprint density at radius 3 is 2.78 bits per heavy atom. The summed E-state index contributed by atoms with van der Waals surface area (Å²) in [5.74, 6) is -0.261. The number of Topliss-reactive ketones (excluding diaryl/α,β-unsaturated/α-hetero) is 1. The third kappa shape index (κ3) is 2.95. The molecule has 2 aliphatic rings. The first kappa shape index (κ1) is 20.4. The summed E-state index contributed by atoms with van der Waals surface area (Å²) in [5.41, 5.74) is 5.81. The van der Waals surface area contributed by atoms with Crippen molar-refractivity contribution in [1.29, 1.82) is 5.26 Å². The number of nitriles is 1. The summed E-state index contributed by atoms with van der Waals surface area (Å²) >= 11 is 0. The van der Waals surface area contributed by atoms with Gasteiger partial charge in [0, 0.05) is 23.7 Å². The lowest BCUT2D eigenvalue weighted by atomic mass is 9.54. The number of carbonyl (C=O) groups is 1. The van der Waals surface area contributed by atoms with Crippen LogP contribution in [-0.4, -0.2) is 27.7 Å². The van der Waals surface area contributed by atoms with Gasteiger partial charge in [0.15, 0.2) is 5.78 Å². The van der Waals surface area contributed by atoms with Gasteiger partial charge in [-0.3, -0.25) is 9.89 Å². The normalized spacial score (nSPS) is 24.3. The van der Waals surface area contributed by atoms with Gasteiger partial charge in [-0.15, -0.1) is 0 Å². The molecule has 1 aromatic heterocycles. The van der Waals surface area contributed by atoms with E-state index < -0.39 is 5.41 Å². The number of aromatic amines is 1. The number of aliphatic hydroxyl groups is 1. The van der Waals surface area contributed by atoms with E-state index in [0.29, 0.717) is 6.42 Å². The van der Waals surface area contributed by atoms with Gasteiger partial charge in [-0.2, -0.15) is 10.4 Å². The minimum Gasteiger partial charge on any atom is -0.396 e. The number of hydrogen-bond acceptors (Lipinski definition) is 4. The second-order valence-corrected chi connectivity index (χ2v) is 8.80. The van der Waals surface area contributed by atoms with Gasteiger partial charge in [0.05, 0.1) is 22.4 Å². The van der Waals surface area contributed by atoms with Crippen LogP contribution in [0.1, 0.15) is 35.7 Å². The van der Waals surface area contributed by atoms with Crippen LogP contribution in [0.3, 0.4) is 0 Å². The zero-order valence-corrected chi connectivity index (χ0v) is 18.0. The molecule has 2 aliphatic carbocycles. The first-order chi connectivity index (χ1) is 15.6. The molecule has 3 atom stereocenters. The Morgan fingerprint density at radius 2 is 2.03 bits per heavy atom. The fourth-order valence-electron chi connectivity index (χ4n) is 5.70. The summed E-state index contributed by atoms with van der Waals surface area (Å²) in [5, 5.41) is 27.2. The van der Waals surface area contributed by atoms with Gasteiger partial charge in [0.2, 0.25) is 0 Å². The topological polar surface area (TPSA) is 89.8 Å². The SMILES string of the molecule is C[C@@H]1C(=O)C(C#N)=C[C@]2(c3ccccc3)c3[nH]nc(-c4cccc(CCO)c4)c3CCC12. The average Bonchev–Trinajstić information content (AvgIpc) is 3.27. The molecule has 0 amide bonds. The van der Waals surface area contributed by atoms with E-state index in [9.17, 15) is 15.2 Å². The summed E-state index contributed by atoms with van der Waals surface area (Å²) in [4.78, 5) is 12.9. The number of fused-ring (bicyclic) bond motifs is 3. The lowest BCUT2D eigenvalue weighted by Crippen LogP contribution is -2.48. The summed E-state index contributed by atoms with van der Waals surface area (Å²) in [6.07, 6.45) is 4.15. The van der Waals surface area contributed by atoms with Crippen LogP contribution in [0.2, 0.25) is 0 Å². The highest BCUT2D eigenvalue weighted by atomic mass is 16.3. The monoisotopic (exact) mass is 423 g/mol. The molecule has 1 heterocycles. The summed E-state index contributed by atoms with van der Waals surface area (Å²) < 4.78 is 0. The van der Waals surface area contributed by atoms with Crippen molar-refractivity contribution in [3.63, 3.8) is 0 Å². The molecule has 2 N–H and O–H groups in total. The molecule has 0 aliphatic heterocycles. The van der Waals surface area contributed by atoms with E-state index in [0.717, 1.165) is 46.5 Å². The largest absolute Gasteiger partial charge is 0.396 e. The molecule has 5 heteroatoms. The molecule has 1 unspecified atom stereocenters. The van der Waals surface area contributed by atoms with Gasteiger partial charge in [0.25, 0.3) is 0 Å². The second kappa shape index (κ2) is 7.89. The first-order valence-electron chi connectivity index (χ1n) is 11.1. The number of ketones is 1. The minimum absolute atomic E-state index is 0.0519. The van der Waals surface area contributed by atoms with Gasteiger partial charge >= 0.3 is 0 Å². The zero-order chi connectivity index (χ0) is 22.3. The zero-order valence-electron chi connectivity index (χ0n) is 18.0. The molecule has 0 saturated heterocycles. The highest BCUT2D eigenvalue weighted by Crippen LogP contribution is 2.54. The molecule has 0 bridgehead atoms. The van der Waals surface area contributed by atoms with Crippen molar-refractivity contribution < 1.29 is 9.90 Å². The van der Waals surface area contributed by atoms with Crippen LogP contribution >= 0.6 is 0 Å². The number of H-pyrrole nitrogens is 1. The van der Waals surface area contributed by atoms with Crippen molar-refractivity contribution in [2.24, 2.45) is 11.8 Å². The molecule has 0 fully saturated rings. The maximum atomic E-state index is 12.9. The molecule has 5 rings (SSSR count). The number of nitrogens with one attached hydrogen (secondary N) is 1. The Morgan fingerprint density at radius 1 is 1.22 bits per heavy atom. The lowest BCUT2D eigenvalue weighted by Gasteiger charge is -2.47. The second-order valence-electron chi connectivity index (χ2n) is 8.80. The van der Waals surface area contributed by atoms with E-state index in [2.05, 4.69) is 29.4 Å². The standard InChI is InChI=1S/C27H25N3O2/c1-17-23-11-10-22-24(19-7-5-6-18(14-19)12-13-31)29-30-26(22)27(23,15-20(16-28)25(17)32)21-8-3-2-4-9-21/h2-9,14-15,17,23,31H,10-13H2,1H3,(H,29,30)/t17-,23?,27+/m0/s1. The van der Waals surface area contributed by atoms with Gasteiger partial charge in [-0.25, -0.2) is 0 Å². The van der Waals surface area contributed by atoms with Crippen molar-refractivity contribution >= 4 is 5.78 Å². The Balaban J connectivity index is 1.75. The van der Waals surface area contributed by atoms with Gasteiger partial charge in [-0.05, 0) is 48.4 Å². The molecule has 0 spiro atoms.